The van der Waals surface area contributed by atoms with Gasteiger partial charge in [-0.15, -0.1) is 0 Å². The van der Waals surface area contributed by atoms with Gasteiger partial charge in [0.25, 0.3) is 0 Å². The van der Waals surface area contributed by atoms with Gasteiger partial charge in [0.15, 0.2) is 5.41 Å². The molecule has 1 spiro atoms. The van der Waals surface area contributed by atoms with E-state index in [9.17, 15) is 10.5 Å². The molecule has 1 aliphatic carbocycles. The zero-order chi connectivity index (χ0) is 15.6. The minimum absolute atomic E-state index is 0.233. The molecule has 4 atom stereocenters. The molecule has 5 nitrogen and oxygen atoms in total. The van der Waals surface area contributed by atoms with Crippen molar-refractivity contribution in [2.24, 2.45) is 21.6 Å². The van der Waals surface area contributed by atoms with E-state index >= 15 is 0 Å². The van der Waals surface area contributed by atoms with Crippen LogP contribution in [0.5, 0.6) is 0 Å². The Labute approximate surface area is 132 Å². The Balaban J connectivity index is 1.92. The van der Waals surface area contributed by atoms with E-state index < -0.39 is 15.9 Å². The fraction of sp³-hybridized carbons (Fsp3) is 0.438. The molecule has 0 bridgehead atoms. The third-order valence-electron chi connectivity index (χ3n) is 5.02. The van der Waals surface area contributed by atoms with Gasteiger partial charge < -0.3 is 10.5 Å². The second-order valence-corrected chi connectivity index (χ2v) is 7.21. The van der Waals surface area contributed by atoms with Gasteiger partial charge in [0.2, 0.25) is 5.06 Å². The fourth-order valence-corrected chi connectivity index (χ4v) is 5.30. The number of thioether (sulfide) groups is 1. The summed E-state index contributed by atoms with van der Waals surface area (Å²) in [5.74, 6) is 0.692. The van der Waals surface area contributed by atoms with Crippen LogP contribution in [0.3, 0.4) is 0 Å². The molecule has 1 aromatic carbocycles. The zero-order valence-corrected chi connectivity index (χ0v) is 12.9. The van der Waals surface area contributed by atoms with Crippen LogP contribution in [0.2, 0.25) is 0 Å². The van der Waals surface area contributed by atoms with E-state index in [1.165, 1.54) is 11.8 Å². The molecule has 2 fully saturated rings. The smallest absolute Gasteiger partial charge is 0.230 e. The van der Waals surface area contributed by atoms with Crippen LogP contribution < -0.4 is 5.73 Å². The lowest BCUT2D eigenvalue weighted by Gasteiger charge is -2.26. The number of fused-ring (bicyclic) bond motifs is 2. The van der Waals surface area contributed by atoms with Crippen LogP contribution in [0.1, 0.15) is 17.0 Å². The van der Waals surface area contributed by atoms with Gasteiger partial charge in [-0.25, -0.2) is 4.99 Å². The molecule has 6 heteroatoms. The molecule has 2 N–H and O–H groups in total. The number of rotatable bonds is 1. The summed E-state index contributed by atoms with van der Waals surface area (Å²) in [6, 6.07) is 12.6. The Morgan fingerprint density at radius 3 is 2.59 bits per heavy atom. The molecule has 110 valence electrons. The first-order valence-corrected chi connectivity index (χ1v) is 8.09. The maximum absolute atomic E-state index is 9.97. The van der Waals surface area contributed by atoms with Crippen molar-refractivity contribution >= 4 is 17.6 Å². The molecular weight excluding hydrogens is 296 g/mol. The van der Waals surface area contributed by atoms with Crippen LogP contribution in [0, 0.1) is 40.4 Å². The average Bonchev–Trinajstić information content (AvgIpc) is 2.77. The quantitative estimate of drug-likeness (QED) is 0.854. The molecule has 4 rings (SSSR count). The highest BCUT2D eigenvalue weighted by atomic mass is 32.2. The molecule has 0 unspecified atom stereocenters. The molecule has 0 amide bonds. The molecule has 1 saturated carbocycles. The van der Waals surface area contributed by atoms with Gasteiger partial charge in [0.1, 0.15) is 11.3 Å². The molecule has 1 saturated heterocycles. The summed E-state index contributed by atoms with van der Waals surface area (Å²) in [6.07, 6.45) is 0. The van der Waals surface area contributed by atoms with Crippen molar-refractivity contribution in [2.75, 3.05) is 12.4 Å². The van der Waals surface area contributed by atoms with E-state index in [1.54, 1.807) is 0 Å². The number of hydrogen-bond donors (Lipinski definition) is 1. The molecule has 2 heterocycles. The number of aryl methyl sites for hydroxylation is 1. The average molecular weight is 310 g/mol. The standard InChI is InChI=1S/C16H14N4OS/c1-10-2-4-11(5-3-10)12-14(8-17)13(19)20-16(15(12,14)9-18)21-6-7-22-16/h2-5,12H,6-7H2,1H3,(H2,19,20)/t12-,14+,15+,16+/m0/s1. The summed E-state index contributed by atoms with van der Waals surface area (Å²) in [5, 5.41) is 18.8. The monoisotopic (exact) mass is 310 g/mol. The van der Waals surface area contributed by atoms with E-state index in [0.717, 1.165) is 16.9 Å². The molecule has 0 radical (unpaired) electrons. The van der Waals surface area contributed by atoms with Crippen LogP contribution in [0.25, 0.3) is 0 Å². The lowest BCUT2D eigenvalue weighted by molar-refractivity contribution is 0.0200. The highest BCUT2D eigenvalue weighted by Crippen LogP contribution is 2.84. The number of nitrogens with zero attached hydrogens (tertiary/aromatic N) is 3. The number of benzene rings is 1. The van der Waals surface area contributed by atoms with Crippen molar-refractivity contribution < 1.29 is 4.74 Å². The first-order chi connectivity index (χ1) is 10.6. The van der Waals surface area contributed by atoms with Crippen LogP contribution in [-0.2, 0) is 4.74 Å². The summed E-state index contributed by atoms with van der Waals surface area (Å²) in [7, 11) is 0. The van der Waals surface area contributed by atoms with E-state index in [4.69, 9.17) is 10.5 Å². The molecule has 22 heavy (non-hydrogen) atoms. The van der Waals surface area contributed by atoms with Gasteiger partial charge in [0, 0.05) is 11.7 Å². The van der Waals surface area contributed by atoms with Crippen molar-refractivity contribution in [2.45, 2.75) is 17.9 Å². The fourth-order valence-electron chi connectivity index (χ4n) is 3.98. The third-order valence-corrected chi connectivity index (χ3v) is 6.31. The third kappa shape index (κ3) is 1.19. The highest BCUT2D eigenvalue weighted by molar-refractivity contribution is 8.00. The van der Waals surface area contributed by atoms with Gasteiger partial charge in [-0.2, -0.15) is 10.5 Å². The summed E-state index contributed by atoms with van der Waals surface area (Å²) < 4.78 is 5.84. The largest absolute Gasteiger partial charge is 0.386 e. The van der Waals surface area contributed by atoms with Crippen molar-refractivity contribution in [3.05, 3.63) is 35.4 Å². The summed E-state index contributed by atoms with van der Waals surface area (Å²) >= 11 is 1.48. The van der Waals surface area contributed by atoms with Gasteiger partial charge in [-0.3, -0.25) is 0 Å². The van der Waals surface area contributed by atoms with Crippen LogP contribution in [-0.4, -0.2) is 23.3 Å². The second kappa shape index (κ2) is 4.04. The van der Waals surface area contributed by atoms with E-state index in [0.29, 0.717) is 6.61 Å². The van der Waals surface area contributed by atoms with Gasteiger partial charge >= 0.3 is 0 Å². The Morgan fingerprint density at radius 1 is 1.32 bits per heavy atom. The van der Waals surface area contributed by atoms with E-state index in [2.05, 4.69) is 17.1 Å². The van der Waals surface area contributed by atoms with Gasteiger partial charge in [0.05, 0.1) is 18.7 Å². The summed E-state index contributed by atoms with van der Waals surface area (Å²) in [6.45, 7) is 2.53. The lowest BCUT2D eigenvalue weighted by Crippen LogP contribution is -2.34. The zero-order valence-electron chi connectivity index (χ0n) is 12.0. The molecule has 2 aliphatic heterocycles. The van der Waals surface area contributed by atoms with E-state index in [1.807, 2.05) is 31.2 Å². The van der Waals surface area contributed by atoms with Crippen LogP contribution in [0.15, 0.2) is 29.3 Å². The topological polar surface area (TPSA) is 95.2 Å². The Bertz CT molecular complexity index is 769. The van der Waals surface area contributed by atoms with Gasteiger partial charge in [-0.1, -0.05) is 41.6 Å². The lowest BCUT2D eigenvalue weighted by atomic mass is 9.95. The molecule has 3 aliphatic rings. The van der Waals surface area contributed by atoms with Crippen molar-refractivity contribution in [3.63, 3.8) is 0 Å². The highest BCUT2D eigenvalue weighted by Gasteiger charge is 2.93. The first-order valence-electron chi connectivity index (χ1n) is 7.11. The second-order valence-electron chi connectivity index (χ2n) is 5.96. The number of aliphatic imine (C=N–C) groups is 1. The van der Waals surface area contributed by atoms with Crippen molar-refractivity contribution in [1.29, 1.82) is 10.5 Å². The molecular formula is C16H14N4OS. The van der Waals surface area contributed by atoms with Crippen molar-refractivity contribution in [3.8, 4) is 12.1 Å². The Morgan fingerprint density at radius 2 is 2.05 bits per heavy atom. The SMILES string of the molecule is Cc1ccc([C@@H]2[C@@]3(C#N)[C@@]4(N=C(N)[C@@]23C#N)OCCS4)cc1. The van der Waals surface area contributed by atoms with Gasteiger partial charge in [-0.05, 0) is 12.5 Å². The normalized spacial score (nSPS) is 41.6. The predicted octanol–water partition coefficient (Wildman–Crippen LogP) is 1.90. The number of ether oxygens (including phenoxy) is 1. The predicted molar refractivity (Wildman–Crippen MR) is 82.8 cm³/mol. The Hall–Kier alpha value is -2.02. The van der Waals surface area contributed by atoms with Crippen LogP contribution in [0.4, 0.5) is 0 Å². The minimum atomic E-state index is -1.08. The number of hydrogen-bond acceptors (Lipinski definition) is 6. The Kier molecular flexibility index (Phi) is 2.50. The molecule has 0 aromatic heterocycles. The summed E-state index contributed by atoms with van der Waals surface area (Å²) in [4.78, 5) is 4.42. The number of amidine groups is 1. The van der Waals surface area contributed by atoms with Crippen LogP contribution >= 0.6 is 11.8 Å². The first kappa shape index (κ1) is 13.6. The number of nitriles is 2. The molecule has 1 aromatic rings. The number of nitrogens with two attached hydrogens (primary N) is 1. The maximum atomic E-state index is 9.97. The summed E-state index contributed by atoms with van der Waals surface area (Å²) in [5.41, 5.74) is 6.09. The minimum Gasteiger partial charge on any atom is -0.386 e. The maximum Gasteiger partial charge on any atom is 0.230 e. The van der Waals surface area contributed by atoms with E-state index in [-0.39, 0.29) is 11.8 Å². The van der Waals surface area contributed by atoms with Crippen molar-refractivity contribution in [1.82, 2.24) is 0 Å².